The largest absolute Gasteiger partial charge is 0.368 e. The maximum Gasteiger partial charge on any atom is 0.242 e. The van der Waals surface area contributed by atoms with Gasteiger partial charge in [0.05, 0.1) is 35.5 Å². The van der Waals surface area contributed by atoms with Gasteiger partial charge in [0.15, 0.2) is 9.84 Å². The molecule has 1 aliphatic heterocycles. The summed E-state index contributed by atoms with van der Waals surface area (Å²) in [6.07, 6.45) is 0.939. The minimum atomic E-state index is -3.75. The SMILES string of the molecule is CNC(C)(C(N)=O)[C@@H]1CN(C(=O)CS(C)(=O)=O)c2cc(C#N)ccc2N(Cc2c(C)ccc3ccccc23)C1=O.Cl. The van der Waals surface area contributed by atoms with Crippen molar-refractivity contribution in [2.75, 3.05) is 35.4 Å². The predicted molar refractivity (Wildman–Crippen MR) is 160 cm³/mol. The molecule has 12 heteroatoms. The molecule has 1 unspecified atom stereocenters. The minimum absolute atomic E-state index is 0. The molecule has 0 aliphatic carbocycles. The fraction of sp³-hybridized carbons (Fsp3) is 0.310. The number of hydrogen-bond acceptors (Lipinski definition) is 7. The number of benzene rings is 3. The van der Waals surface area contributed by atoms with Crippen molar-refractivity contribution in [1.29, 1.82) is 5.26 Å². The van der Waals surface area contributed by atoms with Gasteiger partial charge in [-0.25, -0.2) is 8.42 Å². The molecule has 10 nitrogen and oxygen atoms in total. The van der Waals surface area contributed by atoms with Crippen LogP contribution >= 0.6 is 12.4 Å². The summed E-state index contributed by atoms with van der Waals surface area (Å²) in [5, 5.41) is 14.4. The number of hydrogen-bond donors (Lipinski definition) is 2. The van der Waals surface area contributed by atoms with E-state index in [0.29, 0.717) is 5.69 Å². The van der Waals surface area contributed by atoms with Crippen LogP contribution in [0.15, 0.2) is 54.6 Å². The molecule has 3 aromatic carbocycles. The van der Waals surface area contributed by atoms with Crippen LogP contribution in [-0.4, -0.2) is 57.3 Å². The summed E-state index contributed by atoms with van der Waals surface area (Å²) in [4.78, 5) is 43.3. The van der Waals surface area contributed by atoms with Gasteiger partial charge in [0.2, 0.25) is 17.7 Å². The summed E-state index contributed by atoms with van der Waals surface area (Å²) in [6.45, 7) is 3.17. The van der Waals surface area contributed by atoms with E-state index in [1.807, 2.05) is 49.4 Å². The summed E-state index contributed by atoms with van der Waals surface area (Å²) in [5.74, 6) is -4.09. The number of nitrogens with two attached hydrogens (primary N) is 1. The first-order valence-electron chi connectivity index (χ1n) is 12.6. The molecular weight excluding hydrogens is 566 g/mol. The second kappa shape index (κ2) is 11.9. The van der Waals surface area contributed by atoms with Gasteiger partial charge in [-0.05, 0) is 61.0 Å². The predicted octanol–water partition coefficient (Wildman–Crippen LogP) is 2.45. The van der Waals surface area contributed by atoms with Gasteiger partial charge in [0.1, 0.15) is 11.3 Å². The molecule has 0 bridgehead atoms. The number of sulfone groups is 1. The van der Waals surface area contributed by atoms with E-state index in [0.717, 1.165) is 28.2 Å². The topological polar surface area (TPSA) is 154 Å². The molecule has 4 rings (SSSR count). The van der Waals surface area contributed by atoms with Crippen LogP contribution in [0.3, 0.4) is 0 Å². The molecule has 0 radical (unpaired) electrons. The number of anilines is 2. The van der Waals surface area contributed by atoms with Crippen LogP contribution in [0, 0.1) is 24.2 Å². The Morgan fingerprint density at radius 2 is 1.83 bits per heavy atom. The molecule has 1 heterocycles. The first-order valence-corrected chi connectivity index (χ1v) is 14.7. The lowest BCUT2D eigenvalue weighted by molar-refractivity contribution is -0.133. The van der Waals surface area contributed by atoms with Crippen LogP contribution in [0.25, 0.3) is 10.8 Å². The first-order chi connectivity index (χ1) is 18.8. The lowest BCUT2D eigenvalue weighted by atomic mass is 9.83. The second-order valence-corrected chi connectivity index (χ2v) is 12.4. The van der Waals surface area contributed by atoms with Crippen molar-refractivity contribution in [1.82, 2.24) is 5.32 Å². The number of aryl methyl sites for hydroxylation is 1. The summed E-state index contributed by atoms with van der Waals surface area (Å²) >= 11 is 0. The molecule has 0 aromatic heterocycles. The van der Waals surface area contributed by atoms with Crippen molar-refractivity contribution in [2.24, 2.45) is 11.7 Å². The first kappa shape index (κ1) is 31.5. The Morgan fingerprint density at radius 1 is 1.15 bits per heavy atom. The molecular formula is C29H32ClN5O5S. The van der Waals surface area contributed by atoms with Crippen LogP contribution in [-0.2, 0) is 30.8 Å². The number of amides is 3. The number of nitrogens with zero attached hydrogens (tertiary/aromatic N) is 3. The molecule has 0 saturated heterocycles. The Bertz CT molecular complexity index is 1690. The monoisotopic (exact) mass is 597 g/mol. The minimum Gasteiger partial charge on any atom is -0.368 e. The summed E-state index contributed by atoms with van der Waals surface area (Å²) < 4.78 is 24.2. The van der Waals surface area contributed by atoms with E-state index in [9.17, 15) is 28.1 Å². The van der Waals surface area contributed by atoms with Crippen molar-refractivity contribution < 1.29 is 22.8 Å². The number of carbonyl (C=O) groups is 3. The fourth-order valence-corrected chi connectivity index (χ4v) is 5.72. The van der Waals surface area contributed by atoms with Crippen LogP contribution in [0.5, 0.6) is 0 Å². The highest BCUT2D eigenvalue weighted by Gasteiger charge is 2.49. The molecule has 0 spiro atoms. The molecule has 3 amide bonds. The van der Waals surface area contributed by atoms with Gasteiger partial charge in [0, 0.05) is 12.8 Å². The summed E-state index contributed by atoms with van der Waals surface area (Å²) in [5.41, 5.74) is 6.71. The average Bonchev–Trinajstić information content (AvgIpc) is 3.02. The van der Waals surface area contributed by atoms with Gasteiger partial charge >= 0.3 is 0 Å². The lowest BCUT2D eigenvalue weighted by Gasteiger charge is -2.36. The van der Waals surface area contributed by atoms with Crippen LogP contribution < -0.4 is 20.9 Å². The maximum atomic E-state index is 14.4. The van der Waals surface area contributed by atoms with Crippen molar-refractivity contribution in [3.05, 3.63) is 71.3 Å². The summed E-state index contributed by atoms with van der Waals surface area (Å²) in [7, 11) is -2.25. The van der Waals surface area contributed by atoms with Gasteiger partial charge in [-0.2, -0.15) is 5.26 Å². The zero-order chi connectivity index (χ0) is 29.4. The Morgan fingerprint density at radius 3 is 2.44 bits per heavy atom. The number of nitrogens with one attached hydrogen (secondary N) is 1. The zero-order valence-electron chi connectivity index (χ0n) is 23.2. The molecule has 1 aliphatic rings. The number of primary amides is 1. The highest BCUT2D eigenvalue weighted by Crippen LogP contribution is 2.39. The van der Waals surface area contributed by atoms with E-state index in [-0.39, 0.29) is 36.7 Å². The van der Waals surface area contributed by atoms with Crippen molar-refractivity contribution in [3.63, 3.8) is 0 Å². The zero-order valence-corrected chi connectivity index (χ0v) is 24.8. The molecule has 3 aromatic rings. The third-order valence-corrected chi connectivity index (χ3v) is 8.39. The van der Waals surface area contributed by atoms with Crippen LogP contribution in [0.4, 0.5) is 11.4 Å². The molecule has 0 saturated carbocycles. The molecule has 41 heavy (non-hydrogen) atoms. The lowest BCUT2D eigenvalue weighted by Crippen LogP contribution is -2.63. The van der Waals surface area contributed by atoms with Gasteiger partial charge < -0.3 is 20.9 Å². The van der Waals surface area contributed by atoms with Gasteiger partial charge in [-0.15, -0.1) is 12.4 Å². The normalized spacial score (nSPS) is 16.7. The van der Waals surface area contributed by atoms with E-state index >= 15 is 0 Å². The third kappa shape index (κ3) is 6.05. The number of nitriles is 1. The van der Waals surface area contributed by atoms with Crippen LogP contribution in [0.2, 0.25) is 0 Å². The van der Waals surface area contributed by atoms with Crippen molar-refractivity contribution in [3.8, 4) is 6.07 Å². The van der Waals surface area contributed by atoms with Gasteiger partial charge in [0.25, 0.3) is 0 Å². The molecule has 3 N–H and O–H groups in total. The fourth-order valence-electron chi connectivity index (χ4n) is 5.12. The Balaban J connectivity index is 0.00000462. The third-order valence-electron chi connectivity index (χ3n) is 7.62. The number of fused-ring (bicyclic) bond motifs is 2. The van der Waals surface area contributed by atoms with Crippen LogP contribution in [0.1, 0.15) is 23.6 Å². The number of carbonyl (C=O) groups excluding carboxylic acids is 3. The van der Waals surface area contributed by atoms with E-state index in [2.05, 4.69) is 5.32 Å². The second-order valence-electron chi connectivity index (χ2n) is 10.3. The quantitative estimate of drug-likeness (QED) is 0.424. The van der Waals surface area contributed by atoms with E-state index < -0.39 is 44.8 Å². The average molecular weight is 598 g/mol. The van der Waals surface area contributed by atoms with Crippen molar-refractivity contribution >= 4 is 62.1 Å². The molecule has 216 valence electrons. The van der Waals surface area contributed by atoms with Gasteiger partial charge in [-0.3, -0.25) is 14.4 Å². The Kier molecular flexibility index (Phi) is 9.13. The standard InChI is InChI=1S/C29H31N5O5S.ClH/c1-18-9-11-20-7-5-6-8-21(20)22(18)15-34-24-12-10-19(14-30)13-25(24)33(26(35)17-40(4,38)39)16-23(27(34)36)29(2,32-3)28(31)37;/h5-13,23,32H,15-17H2,1-4H3,(H2,31,37);1H/t23-,29?;/m1./s1. The maximum absolute atomic E-state index is 14.4. The smallest absolute Gasteiger partial charge is 0.242 e. The van der Waals surface area contributed by atoms with E-state index in [1.165, 1.54) is 35.9 Å². The highest BCUT2D eigenvalue weighted by molar-refractivity contribution is 7.91. The number of rotatable bonds is 7. The van der Waals surface area contributed by atoms with Gasteiger partial charge in [-0.1, -0.05) is 36.4 Å². The molecule has 2 atom stereocenters. The van der Waals surface area contributed by atoms with E-state index in [1.54, 1.807) is 6.07 Å². The number of halogens is 1. The number of likely N-dealkylation sites (N-methyl/N-ethyl adjacent to an activating group) is 1. The Hall–Kier alpha value is -3.98. The summed E-state index contributed by atoms with van der Waals surface area (Å²) in [6, 6.07) is 18.3. The Labute approximate surface area is 245 Å². The highest BCUT2D eigenvalue weighted by atomic mass is 35.5. The van der Waals surface area contributed by atoms with Crippen molar-refractivity contribution in [2.45, 2.75) is 25.9 Å². The molecule has 0 fully saturated rings. The van der Waals surface area contributed by atoms with E-state index in [4.69, 9.17) is 5.73 Å².